The predicted octanol–water partition coefficient (Wildman–Crippen LogP) is 2.92. The van der Waals surface area contributed by atoms with Gasteiger partial charge in [-0.15, -0.1) is 11.3 Å². The van der Waals surface area contributed by atoms with Crippen molar-refractivity contribution in [1.82, 2.24) is 10.6 Å². The fourth-order valence-corrected chi connectivity index (χ4v) is 2.23. The third kappa shape index (κ3) is 5.64. The second kappa shape index (κ2) is 5.80. The molecule has 0 spiro atoms. The fraction of sp³-hybridized carbons (Fsp3) is 0.692. The minimum Gasteiger partial charge on any atom is -0.311 e. The van der Waals surface area contributed by atoms with Crippen LogP contribution in [0.1, 0.15) is 37.4 Å². The summed E-state index contributed by atoms with van der Waals surface area (Å²) in [7, 11) is 0. The van der Waals surface area contributed by atoms with Gasteiger partial charge in [0, 0.05) is 34.4 Å². The normalized spacial score (nSPS) is 14.1. The first-order valence-electron chi connectivity index (χ1n) is 5.90. The van der Waals surface area contributed by atoms with E-state index in [0.29, 0.717) is 6.04 Å². The average Bonchev–Trinajstić information content (AvgIpc) is 2.57. The molecule has 92 valence electrons. The standard InChI is InChI=1S/C13H24N2S/c1-10(8-15-13(3,4)5)14-9-12-7-6-11(2)16-12/h6-7,10,14-15H,8-9H2,1-5H3. The molecular weight excluding hydrogens is 216 g/mol. The topological polar surface area (TPSA) is 24.1 Å². The summed E-state index contributed by atoms with van der Waals surface area (Å²) in [5.41, 5.74) is 0.204. The van der Waals surface area contributed by atoms with E-state index in [9.17, 15) is 0 Å². The van der Waals surface area contributed by atoms with Gasteiger partial charge in [-0.3, -0.25) is 0 Å². The molecular formula is C13H24N2S. The zero-order chi connectivity index (χ0) is 12.2. The lowest BCUT2D eigenvalue weighted by Gasteiger charge is -2.23. The van der Waals surface area contributed by atoms with E-state index in [1.54, 1.807) is 0 Å². The van der Waals surface area contributed by atoms with E-state index in [1.165, 1.54) is 9.75 Å². The molecule has 16 heavy (non-hydrogen) atoms. The minimum atomic E-state index is 0.204. The van der Waals surface area contributed by atoms with Gasteiger partial charge in [-0.1, -0.05) is 0 Å². The first-order chi connectivity index (χ1) is 7.37. The molecule has 1 atom stereocenters. The quantitative estimate of drug-likeness (QED) is 0.827. The Hall–Kier alpha value is -0.380. The molecule has 0 bridgehead atoms. The Kier molecular flexibility index (Phi) is 4.96. The van der Waals surface area contributed by atoms with Crippen molar-refractivity contribution >= 4 is 11.3 Å². The van der Waals surface area contributed by atoms with Crippen LogP contribution in [0, 0.1) is 6.92 Å². The van der Waals surface area contributed by atoms with Gasteiger partial charge in [0.05, 0.1) is 0 Å². The molecule has 0 aromatic carbocycles. The Morgan fingerprint density at radius 3 is 2.50 bits per heavy atom. The monoisotopic (exact) mass is 240 g/mol. The second-order valence-electron chi connectivity index (χ2n) is 5.43. The van der Waals surface area contributed by atoms with Crippen LogP contribution in [0.5, 0.6) is 0 Å². The summed E-state index contributed by atoms with van der Waals surface area (Å²) in [5.74, 6) is 0. The molecule has 2 nitrogen and oxygen atoms in total. The number of aryl methyl sites for hydroxylation is 1. The molecule has 0 saturated carbocycles. The highest BCUT2D eigenvalue weighted by Gasteiger charge is 2.10. The van der Waals surface area contributed by atoms with Gasteiger partial charge < -0.3 is 10.6 Å². The van der Waals surface area contributed by atoms with Crippen LogP contribution in [-0.4, -0.2) is 18.1 Å². The zero-order valence-electron chi connectivity index (χ0n) is 11.1. The van der Waals surface area contributed by atoms with Crippen molar-refractivity contribution < 1.29 is 0 Å². The predicted molar refractivity (Wildman–Crippen MR) is 73.1 cm³/mol. The molecule has 0 fully saturated rings. The van der Waals surface area contributed by atoms with Crippen LogP contribution in [0.3, 0.4) is 0 Å². The number of nitrogens with one attached hydrogen (secondary N) is 2. The molecule has 0 aliphatic heterocycles. The van der Waals surface area contributed by atoms with E-state index in [1.807, 2.05) is 11.3 Å². The lowest BCUT2D eigenvalue weighted by atomic mass is 10.1. The molecule has 1 rings (SSSR count). The van der Waals surface area contributed by atoms with Crippen molar-refractivity contribution in [2.24, 2.45) is 0 Å². The average molecular weight is 240 g/mol. The molecule has 0 radical (unpaired) electrons. The SMILES string of the molecule is Cc1ccc(CNC(C)CNC(C)(C)C)s1. The van der Waals surface area contributed by atoms with Gasteiger partial charge in [-0.2, -0.15) is 0 Å². The number of rotatable bonds is 5. The molecule has 0 aliphatic carbocycles. The van der Waals surface area contributed by atoms with Crippen LogP contribution in [0.25, 0.3) is 0 Å². The Balaban J connectivity index is 2.22. The van der Waals surface area contributed by atoms with Gasteiger partial charge >= 0.3 is 0 Å². The van der Waals surface area contributed by atoms with Crippen molar-refractivity contribution in [1.29, 1.82) is 0 Å². The summed E-state index contributed by atoms with van der Waals surface area (Å²) in [4.78, 5) is 2.80. The maximum Gasteiger partial charge on any atom is 0.0302 e. The highest BCUT2D eigenvalue weighted by molar-refractivity contribution is 7.11. The molecule has 1 aromatic rings. The van der Waals surface area contributed by atoms with Crippen molar-refractivity contribution in [2.75, 3.05) is 6.54 Å². The van der Waals surface area contributed by atoms with Crippen molar-refractivity contribution in [2.45, 2.75) is 52.7 Å². The van der Waals surface area contributed by atoms with E-state index in [2.05, 4.69) is 57.4 Å². The van der Waals surface area contributed by atoms with E-state index >= 15 is 0 Å². The van der Waals surface area contributed by atoms with E-state index < -0.39 is 0 Å². The highest BCUT2D eigenvalue weighted by Crippen LogP contribution is 2.14. The third-order valence-electron chi connectivity index (χ3n) is 2.36. The lowest BCUT2D eigenvalue weighted by Crippen LogP contribution is -2.44. The van der Waals surface area contributed by atoms with Crippen LogP contribution in [-0.2, 0) is 6.54 Å². The molecule has 1 aromatic heterocycles. The summed E-state index contributed by atoms with van der Waals surface area (Å²) < 4.78 is 0. The van der Waals surface area contributed by atoms with E-state index in [0.717, 1.165) is 13.1 Å². The Bertz CT molecular complexity index is 312. The van der Waals surface area contributed by atoms with Crippen LogP contribution >= 0.6 is 11.3 Å². The smallest absolute Gasteiger partial charge is 0.0302 e. The summed E-state index contributed by atoms with van der Waals surface area (Å²) in [6, 6.07) is 4.89. The molecule has 0 amide bonds. The Morgan fingerprint density at radius 1 is 1.31 bits per heavy atom. The van der Waals surface area contributed by atoms with Crippen LogP contribution in [0.2, 0.25) is 0 Å². The zero-order valence-corrected chi connectivity index (χ0v) is 11.9. The van der Waals surface area contributed by atoms with Crippen LogP contribution in [0.15, 0.2) is 12.1 Å². The van der Waals surface area contributed by atoms with Gasteiger partial charge in [0.1, 0.15) is 0 Å². The Morgan fingerprint density at radius 2 is 2.00 bits per heavy atom. The van der Waals surface area contributed by atoms with Crippen molar-refractivity contribution in [3.05, 3.63) is 21.9 Å². The van der Waals surface area contributed by atoms with Gasteiger partial charge in [0.2, 0.25) is 0 Å². The summed E-state index contributed by atoms with van der Waals surface area (Å²) in [6.45, 7) is 12.9. The van der Waals surface area contributed by atoms with Gasteiger partial charge in [0.25, 0.3) is 0 Å². The maximum absolute atomic E-state index is 3.53. The van der Waals surface area contributed by atoms with Crippen LogP contribution in [0.4, 0.5) is 0 Å². The molecule has 1 unspecified atom stereocenters. The summed E-state index contributed by atoms with van der Waals surface area (Å²) in [5, 5.41) is 7.04. The second-order valence-corrected chi connectivity index (χ2v) is 6.80. The maximum atomic E-state index is 3.53. The molecule has 1 heterocycles. The summed E-state index contributed by atoms with van der Waals surface area (Å²) >= 11 is 1.87. The first kappa shape index (κ1) is 13.7. The largest absolute Gasteiger partial charge is 0.311 e. The van der Waals surface area contributed by atoms with Crippen molar-refractivity contribution in [3.8, 4) is 0 Å². The van der Waals surface area contributed by atoms with Gasteiger partial charge in [-0.25, -0.2) is 0 Å². The molecule has 0 saturated heterocycles. The van der Waals surface area contributed by atoms with Gasteiger partial charge in [-0.05, 0) is 46.8 Å². The van der Waals surface area contributed by atoms with E-state index in [4.69, 9.17) is 0 Å². The lowest BCUT2D eigenvalue weighted by molar-refractivity contribution is 0.388. The van der Waals surface area contributed by atoms with Crippen LogP contribution < -0.4 is 10.6 Å². The highest BCUT2D eigenvalue weighted by atomic mass is 32.1. The first-order valence-corrected chi connectivity index (χ1v) is 6.72. The Labute approximate surface area is 103 Å². The molecule has 3 heteroatoms. The van der Waals surface area contributed by atoms with Gasteiger partial charge in [0.15, 0.2) is 0 Å². The number of hydrogen-bond acceptors (Lipinski definition) is 3. The van der Waals surface area contributed by atoms with Crippen molar-refractivity contribution in [3.63, 3.8) is 0 Å². The summed E-state index contributed by atoms with van der Waals surface area (Å²) in [6.07, 6.45) is 0. The third-order valence-corrected chi connectivity index (χ3v) is 3.36. The number of hydrogen-bond donors (Lipinski definition) is 2. The van der Waals surface area contributed by atoms with E-state index in [-0.39, 0.29) is 5.54 Å². The minimum absolute atomic E-state index is 0.204. The number of thiophene rings is 1. The molecule has 2 N–H and O–H groups in total. The molecule has 0 aliphatic rings. The fourth-order valence-electron chi connectivity index (χ4n) is 1.39.